The standard InChI is InChI=1S/C20H24F3N3O5S/c21-20(22,23)32(29,30)16-3-1-2-15(9-16)8-14-4-6-25(7-5-14)18(28)26-11-19(12-26)13-31-10-17(27)24-19/h1-3,9,14H,4-8,10-13H2,(H,24,27). The van der Waals surface area contributed by atoms with Gasteiger partial charge in [-0.2, -0.15) is 13.2 Å². The predicted molar refractivity (Wildman–Crippen MR) is 106 cm³/mol. The summed E-state index contributed by atoms with van der Waals surface area (Å²) in [5.41, 5.74) is -5.30. The largest absolute Gasteiger partial charge is 0.501 e. The number of urea groups is 1. The van der Waals surface area contributed by atoms with Gasteiger partial charge in [-0.15, -0.1) is 0 Å². The summed E-state index contributed by atoms with van der Waals surface area (Å²) in [5, 5.41) is 2.89. The third-order valence-electron chi connectivity index (χ3n) is 6.20. The summed E-state index contributed by atoms with van der Waals surface area (Å²) in [6.07, 6.45) is 1.78. The molecule has 3 heterocycles. The number of carbonyl (C=O) groups is 2. The number of morpholine rings is 1. The molecule has 4 rings (SSSR count). The maximum Gasteiger partial charge on any atom is 0.501 e. The number of nitrogens with one attached hydrogen (secondary N) is 1. The fourth-order valence-electron chi connectivity index (χ4n) is 4.53. The van der Waals surface area contributed by atoms with Crippen molar-refractivity contribution in [3.05, 3.63) is 29.8 Å². The summed E-state index contributed by atoms with van der Waals surface area (Å²) < 4.78 is 67.0. The molecule has 1 N–H and O–H groups in total. The number of piperidine rings is 1. The molecular weight excluding hydrogens is 451 g/mol. The summed E-state index contributed by atoms with van der Waals surface area (Å²) in [4.78, 5) is 26.9. The Morgan fingerprint density at radius 1 is 1.19 bits per heavy atom. The summed E-state index contributed by atoms with van der Waals surface area (Å²) in [5.74, 6) is -0.0482. The molecule has 8 nitrogen and oxygen atoms in total. The van der Waals surface area contributed by atoms with Crippen molar-refractivity contribution >= 4 is 21.8 Å². The summed E-state index contributed by atoms with van der Waals surface area (Å²) in [7, 11) is -5.37. The van der Waals surface area contributed by atoms with E-state index >= 15 is 0 Å². The quantitative estimate of drug-likeness (QED) is 0.716. The minimum absolute atomic E-state index is 0.0360. The Morgan fingerprint density at radius 2 is 1.88 bits per heavy atom. The van der Waals surface area contributed by atoms with Gasteiger partial charge in [0, 0.05) is 26.2 Å². The van der Waals surface area contributed by atoms with Crippen LogP contribution >= 0.6 is 0 Å². The summed E-state index contributed by atoms with van der Waals surface area (Å²) in [6.45, 7) is 2.24. The lowest BCUT2D eigenvalue weighted by atomic mass is 9.88. The first-order chi connectivity index (χ1) is 15.0. The van der Waals surface area contributed by atoms with Crippen LogP contribution in [0.1, 0.15) is 18.4 Å². The maximum absolute atomic E-state index is 12.8. The normalized spacial score (nSPS) is 21.9. The van der Waals surface area contributed by atoms with Crippen molar-refractivity contribution in [3.8, 4) is 0 Å². The smallest absolute Gasteiger partial charge is 0.369 e. The van der Waals surface area contributed by atoms with E-state index in [0.717, 1.165) is 12.1 Å². The third kappa shape index (κ3) is 4.42. The number of carbonyl (C=O) groups excluding carboxylic acids is 2. The van der Waals surface area contributed by atoms with Crippen molar-refractivity contribution in [2.24, 2.45) is 5.92 Å². The van der Waals surface area contributed by atoms with Crippen LogP contribution < -0.4 is 5.32 Å². The second-order valence-corrected chi connectivity index (χ2v) is 10.6. The second kappa shape index (κ2) is 8.22. The first kappa shape index (κ1) is 22.8. The minimum Gasteiger partial charge on any atom is -0.369 e. The number of nitrogens with zero attached hydrogens (tertiary/aromatic N) is 2. The number of sulfone groups is 1. The average Bonchev–Trinajstić information content (AvgIpc) is 2.71. The SMILES string of the molecule is O=C1COCC2(CN(C(=O)N3CCC(Cc4cccc(S(=O)(=O)C(F)(F)F)c4)CC3)C2)N1. The predicted octanol–water partition coefficient (Wildman–Crippen LogP) is 1.56. The van der Waals surface area contributed by atoms with Crippen molar-refractivity contribution in [1.29, 1.82) is 0 Å². The van der Waals surface area contributed by atoms with Gasteiger partial charge in [0.2, 0.25) is 5.91 Å². The molecule has 3 fully saturated rings. The molecule has 32 heavy (non-hydrogen) atoms. The third-order valence-corrected chi connectivity index (χ3v) is 7.68. The van der Waals surface area contributed by atoms with Gasteiger partial charge < -0.3 is 19.9 Å². The molecule has 12 heteroatoms. The molecule has 0 aliphatic carbocycles. The molecule has 0 radical (unpaired) electrons. The minimum atomic E-state index is -5.37. The topological polar surface area (TPSA) is 96.0 Å². The van der Waals surface area contributed by atoms with E-state index in [0.29, 0.717) is 57.6 Å². The highest BCUT2D eigenvalue weighted by atomic mass is 32.2. The van der Waals surface area contributed by atoms with Gasteiger partial charge in [0.25, 0.3) is 9.84 Å². The fourth-order valence-corrected chi connectivity index (χ4v) is 5.36. The van der Waals surface area contributed by atoms with Gasteiger partial charge in [0.05, 0.1) is 17.0 Å². The van der Waals surface area contributed by atoms with Crippen LogP contribution in [0.25, 0.3) is 0 Å². The van der Waals surface area contributed by atoms with Crippen LogP contribution in [0.3, 0.4) is 0 Å². The first-order valence-corrected chi connectivity index (χ1v) is 11.8. The Kier molecular flexibility index (Phi) is 5.86. The van der Waals surface area contributed by atoms with Crippen LogP contribution in [0, 0.1) is 5.92 Å². The molecule has 1 aromatic rings. The number of ether oxygens (including phenoxy) is 1. The lowest BCUT2D eigenvalue weighted by molar-refractivity contribution is -0.141. The van der Waals surface area contributed by atoms with E-state index in [1.807, 2.05) is 0 Å². The highest BCUT2D eigenvalue weighted by Crippen LogP contribution is 2.32. The highest BCUT2D eigenvalue weighted by molar-refractivity contribution is 7.92. The molecule has 3 aliphatic rings. The molecule has 1 aromatic carbocycles. The molecule has 0 unspecified atom stereocenters. The number of likely N-dealkylation sites (tertiary alicyclic amines) is 2. The average molecular weight is 475 g/mol. The maximum atomic E-state index is 12.8. The van der Waals surface area contributed by atoms with Crippen molar-refractivity contribution in [2.45, 2.75) is 35.2 Å². The van der Waals surface area contributed by atoms with Gasteiger partial charge in [0.1, 0.15) is 6.61 Å². The number of halogens is 3. The lowest BCUT2D eigenvalue weighted by Crippen LogP contribution is -2.76. The van der Waals surface area contributed by atoms with Crippen LogP contribution in [0.2, 0.25) is 0 Å². The molecule has 0 bridgehead atoms. The van der Waals surface area contributed by atoms with E-state index in [-0.39, 0.29) is 24.5 Å². The number of amides is 3. The fraction of sp³-hybridized carbons (Fsp3) is 0.600. The Balaban J connectivity index is 1.29. The number of hydrogen-bond acceptors (Lipinski definition) is 5. The molecule has 176 valence electrons. The zero-order chi connectivity index (χ0) is 23.1. The summed E-state index contributed by atoms with van der Waals surface area (Å²) in [6, 6.07) is 4.87. The molecular formula is C20H24F3N3O5S. The zero-order valence-electron chi connectivity index (χ0n) is 17.2. The van der Waals surface area contributed by atoms with Crippen molar-refractivity contribution in [3.63, 3.8) is 0 Å². The monoisotopic (exact) mass is 475 g/mol. The van der Waals surface area contributed by atoms with Crippen molar-refractivity contribution in [1.82, 2.24) is 15.1 Å². The van der Waals surface area contributed by atoms with E-state index in [1.54, 1.807) is 15.9 Å². The van der Waals surface area contributed by atoms with Gasteiger partial charge in [0.15, 0.2) is 0 Å². The Labute approximate surface area is 183 Å². The molecule has 3 amide bonds. The molecule has 0 saturated carbocycles. The number of hydrogen-bond donors (Lipinski definition) is 1. The van der Waals surface area contributed by atoms with E-state index in [9.17, 15) is 31.2 Å². The second-order valence-electron chi connectivity index (χ2n) is 8.69. The van der Waals surface area contributed by atoms with Gasteiger partial charge >= 0.3 is 11.5 Å². The van der Waals surface area contributed by atoms with Crippen LogP contribution in [0.15, 0.2) is 29.2 Å². The van der Waals surface area contributed by atoms with Crippen molar-refractivity contribution < 1.29 is 35.9 Å². The van der Waals surface area contributed by atoms with E-state index in [2.05, 4.69) is 5.32 Å². The molecule has 3 saturated heterocycles. The van der Waals surface area contributed by atoms with E-state index in [1.165, 1.54) is 6.07 Å². The number of benzene rings is 1. The van der Waals surface area contributed by atoms with Crippen molar-refractivity contribution in [2.75, 3.05) is 39.4 Å². The molecule has 1 spiro atoms. The van der Waals surface area contributed by atoms with Crippen LogP contribution in [-0.2, 0) is 25.8 Å². The van der Waals surface area contributed by atoms with E-state index in [4.69, 9.17) is 4.74 Å². The van der Waals surface area contributed by atoms with Crippen LogP contribution in [0.5, 0.6) is 0 Å². The molecule has 3 aliphatic heterocycles. The number of alkyl halides is 3. The van der Waals surface area contributed by atoms with Gasteiger partial charge in [-0.1, -0.05) is 12.1 Å². The van der Waals surface area contributed by atoms with Gasteiger partial charge in [-0.25, -0.2) is 13.2 Å². The Bertz CT molecular complexity index is 1000. The first-order valence-electron chi connectivity index (χ1n) is 10.3. The van der Waals surface area contributed by atoms with Crippen LogP contribution in [0.4, 0.5) is 18.0 Å². The van der Waals surface area contributed by atoms with E-state index < -0.39 is 25.8 Å². The highest BCUT2D eigenvalue weighted by Gasteiger charge is 2.49. The lowest BCUT2D eigenvalue weighted by Gasteiger charge is -2.52. The van der Waals surface area contributed by atoms with Crippen LogP contribution in [-0.4, -0.2) is 80.6 Å². The number of rotatable bonds is 3. The Morgan fingerprint density at radius 3 is 2.50 bits per heavy atom. The zero-order valence-corrected chi connectivity index (χ0v) is 18.0. The Hall–Kier alpha value is -2.34. The van der Waals surface area contributed by atoms with Gasteiger partial charge in [-0.3, -0.25) is 4.79 Å². The summed E-state index contributed by atoms with van der Waals surface area (Å²) >= 11 is 0. The van der Waals surface area contributed by atoms with Gasteiger partial charge in [-0.05, 0) is 42.9 Å². The molecule has 0 aromatic heterocycles. The molecule has 0 atom stereocenters.